The Morgan fingerprint density at radius 3 is 2.05 bits per heavy atom. The molecule has 0 spiro atoms. The van der Waals surface area contributed by atoms with Gasteiger partial charge in [0.2, 0.25) is 0 Å². The zero-order chi connectivity index (χ0) is 15.3. The van der Waals surface area contributed by atoms with Crippen molar-refractivity contribution in [2.75, 3.05) is 13.2 Å². The molecule has 0 aliphatic rings. The maximum atomic E-state index is 12.2. The zero-order valence-electron chi connectivity index (χ0n) is 12.8. The summed E-state index contributed by atoms with van der Waals surface area (Å²) < 4.78 is 10.1. The number of rotatable bonds is 4. The van der Waals surface area contributed by atoms with Crippen molar-refractivity contribution < 1.29 is 19.1 Å². The molecule has 4 heteroatoms. The molecule has 4 nitrogen and oxygen atoms in total. The molecular weight excluding hydrogens is 256 g/mol. The molecule has 0 amide bonds. The fourth-order valence-electron chi connectivity index (χ4n) is 1.98. The summed E-state index contributed by atoms with van der Waals surface area (Å²) in [4.78, 5) is 24.2. The molecule has 0 bridgehead atoms. The molecule has 1 aromatic rings. The van der Waals surface area contributed by atoms with Gasteiger partial charge in [-0.1, -0.05) is 32.9 Å². The van der Waals surface area contributed by atoms with Gasteiger partial charge < -0.3 is 9.47 Å². The molecule has 0 heterocycles. The molecule has 1 rings (SSSR count). The molecule has 0 aliphatic carbocycles. The Hall–Kier alpha value is -1.84. The van der Waals surface area contributed by atoms with Gasteiger partial charge in [-0.15, -0.1) is 0 Å². The lowest BCUT2D eigenvalue weighted by molar-refractivity contribution is 0.0476. The molecule has 0 aliphatic heterocycles. The Kier molecular flexibility index (Phi) is 5.31. The maximum absolute atomic E-state index is 12.2. The van der Waals surface area contributed by atoms with Crippen LogP contribution in [0.4, 0.5) is 0 Å². The number of carbonyl (C=O) groups excluding carboxylic acids is 2. The summed E-state index contributed by atoms with van der Waals surface area (Å²) in [7, 11) is 0. The van der Waals surface area contributed by atoms with Gasteiger partial charge in [0.15, 0.2) is 0 Å². The van der Waals surface area contributed by atoms with Gasteiger partial charge >= 0.3 is 11.9 Å². The number of esters is 2. The van der Waals surface area contributed by atoms with Crippen LogP contribution in [0.2, 0.25) is 0 Å². The molecule has 0 saturated heterocycles. The molecule has 1 aromatic carbocycles. The summed E-state index contributed by atoms with van der Waals surface area (Å²) in [6, 6.07) is 5.20. The normalized spacial score (nSPS) is 11.1. The zero-order valence-corrected chi connectivity index (χ0v) is 12.8. The van der Waals surface area contributed by atoms with Gasteiger partial charge in [0.05, 0.1) is 24.3 Å². The molecule has 0 unspecified atom stereocenters. The molecule has 0 aromatic heterocycles. The fraction of sp³-hybridized carbons (Fsp3) is 0.500. The van der Waals surface area contributed by atoms with Gasteiger partial charge in [0, 0.05) is 0 Å². The van der Waals surface area contributed by atoms with E-state index in [1.807, 2.05) is 26.8 Å². The van der Waals surface area contributed by atoms with E-state index < -0.39 is 11.9 Å². The standard InChI is InChI=1S/C16H22O4/c1-6-19-14(17)11-9-8-10-12(16(3,4)5)13(11)15(18)20-7-2/h8-10H,6-7H2,1-5H3. The summed E-state index contributed by atoms with van der Waals surface area (Å²) >= 11 is 0. The van der Waals surface area contributed by atoms with Crippen molar-refractivity contribution >= 4 is 11.9 Å². The third kappa shape index (κ3) is 3.59. The average molecular weight is 278 g/mol. The summed E-state index contributed by atoms with van der Waals surface area (Å²) in [5.41, 5.74) is 1.07. The smallest absolute Gasteiger partial charge is 0.339 e. The van der Waals surface area contributed by atoms with E-state index in [9.17, 15) is 9.59 Å². The number of ether oxygens (including phenoxy) is 2. The highest BCUT2D eigenvalue weighted by Gasteiger charge is 2.28. The van der Waals surface area contributed by atoms with Crippen molar-refractivity contribution in [1.29, 1.82) is 0 Å². The minimum atomic E-state index is -0.498. The Balaban J connectivity index is 3.44. The van der Waals surface area contributed by atoms with Crippen molar-refractivity contribution in [3.05, 3.63) is 34.9 Å². The monoisotopic (exact) mass is 278 g/mol. The van der Waals surface area contributed by atoms with E-state index in [-0.39, 0.29) is 24.2 Å². The molecule has 0 atom stereocenters. The van der Waals surface area contributed by atoms with Gasteiger partial charge in [0.1, 0.15) is 0 Å². The second-order valence-electron chi connectivity index (χ2n) is 5.42. The largest absolute Gasteiger partial charge is 0.462 e. The van der Waals surface area contributed by atoms with Crippen LogP contribution in [0.15, 0.2) is 18.2 Å². The van der Waals surface area contributed by atoms with Crippen LogP contribution in [-0.4, -0.2) is 25.2 Å². The number of benzene rings is 1. The minimum absolute atomic E-state index is 0.262. The third-order valence-electron chi connectivity index (χ3n) is 2.85. The number of carbonyl (C=O) groups is 2. The van der Waals surface area contributed by atoms with Crippen LogP contribution in [0.1, 0.15) is 60.9 Å². The van der Waals surface area contributed by atoms with E-state index in [4.69, 9.17) is 9.47 Å². The quantitative estimate of drug-likeness (QED) is 0.793. The highest BCUT2D eigenvalue weighted by Crippen LogP contribution is 2.29. The Labute approximate surface area is 120 Å². The van der Waals surface area contributed by atoms with E-state index in [1.165, 1.54) is 0 Å². The van der Waals surface area contributed by atoms with E-state index in [2.05, 4.69) is 0 Å². The molecule has 0 radical (unpaired) electrons. The molecule has 110 valence electrons. The summed E-state index contributed by atoms with van der Waals surface area (Å²) in [5.74, 6) is -0.984. The Morgan fingerprint density at radius 1 is 1.00 bits per heavy atom. The van der Waals surface area contributed by atoms with Gasteiger partial charge in [-0.2, -0.15) is 0 Å². The summed E-state index contributed by atoms with van der Waals surface area (Å²) in [6.07, 6.45) is 0. The van der Waals surface area contributed by atoms with E-state index in [0.29, 0.717) is 5.56 Å². The highest BCUT2D eigenvalue weighted by atomic mass is 16.5. The predicted molar refractivity (Wildman–Crippen MR) is 77.1 cm³/mol. The topological polar surface area (TPSA) is 52.6 Å². The molecule has 0 N–H and O–H groups in total. The van der Waals surface area contributed by atoms with Crippen LogP contribution in [0, 0.1) is 0 Å². The first-order valence-corrected chi connectivity index (χ1v) is 6.80. The second-order valence-corrected chi connectivity index (χ2v) is 5.42. The second kappa shape index (κ2) is 6.55. The Bertz CT molecular complexity index is 498. The van der Waals surface area contributed by atoms with Crippen LogP contribution in [0.5, 0.6) is 0 Å². The first kappa shape index (κ1) is 16.2. The lowest BCUT2D eigenvalue weighted by Gasteiger charge is -2.23. The van der Waals surface area contributed by atoms with Crippen LogP contribution >= 0.6 is 0 Å². The van der Waals surface area contributed by atoms with E-state index in [1.54, 1.807) is 26.0 Å². The van der Waals surface area contributed by atoms with E-state index >= 15 is 0 Å². The number of hydrogen-bond donors (Lipinski definition) is 0. The first-order valence-electron chi connectivity index (χ1n) is 6.80. The highest BCUT2D eigenvalue weighted by molar-refractivity contribution is 6.04. The van der Waals surface area contributed by atoms with Crippen molar-refractivity contribution in [2.24, 2.45) is 0 Å². The Morgan fingerprint density at radius 2 is 1.55 bits per heavy atom. The minimum Gasteiger partial charge on any atom is -0.462 e. The van der Waals surface area contributed by atoms with Crippen molar-refractivity contribution in [1.82, 2.24) is 0 Å². The molecule has 0 fully saturated rings. The van der Waals surface area contributed by atoms with Crippen molar-refractivity contribution in [2.45, 2.75) is 40.0 Å². The molecule has 20 heavy (non-hydrogen) atoms. The van der Waals surface area contributed by atoms with E-state index in [0.717, 1.165) is 5.56 Å². The first-order chi connectivity index (χ1) is 9.32. The van der Waals surface area contributed by atoms with Gasteiger partial charge in [0.25, 0.3) is 0 Å². The van der Waals surface area contributed by atoms with Crippen LogP contribution in [-0.2, 0) is 14.9 Å². The maximum Gasteiger partial charge on any atom is 0.339 e. The van der Waals surface area contributed by atoms with Crippen LogP contribution < -0.4 is 0 Å². The van der Waals surface area contributed by atoms with Gasteiger partial charge in [-0.05, 0) is 30.9 Å². The molecule has 0 saturated carbocycles. The fourth-order valence-corrected chi connectivity index (χ4v) is 1.98. The lowest BCUT2D eigenvalue weighted by Crippen LogP contribution is -2.22. The molecular formula is C16H22O4. The summed E-state index contributed by atoms with van der Waals surface area (Å²) in [6.45, 7) is 9.96. The average Bonchev–Trinajstić information content (AvgIpc) is 2.37. The lowest BCUT2D eigenvalue weighted by atomic mass is 9.82. The van der Waals surface area contributed by atoms with Crippen molar-refractivity contribution in [3.8, 4) is 0 Å². The van der Waals surface area contributed by atoms with Gasteiger partial charge in [-0.25, -0.2) is 9.59 Å². The van der Waals surface area contributed by atoms with Gasteiger partial charge in [-0.3, -0.25) is 0 Å². The van der Waals surface area contributed by atoms with Crippen LogP contribution in [0.3, 0.4) is 0 Å². The van der Waals surface area contributed by atoms with Crippen molar-refractivity contribution in [3.63, 3.8) is 0 Å². The SMILES string of the molecule is CCOC(=O)c1cccc(C(C)(C)C)c1C(=O)OCC. The third-order valence-corrected chi connectivity index (χ3v) is 2.85. The van der Waals surface area contributed by atoms with Crippen LogP contribution in [0.25, 0.3) is 0 Å². The summed E-state index contributed by atoms with van der Waals surface area (Å²) in [5, 5.41) is 0. The number of hydrogen-bond acceptors (Lipinski definition) is 4. The predicted octanol–water partition coefficient (Wildman–Crippen LogP) is 3.34.